The van der Waals surface area contributed by atoms with Gasteiger partial charge in [0.25, 0.3) is 0 Å². The minimum absolute atomic E-state index is 0.769. The van der Waals surface area contributed by atoms with Gasteiger partial charge in [0.05, 0.1) is 10.2 Å². The van der Waals surface area contributed by atoms with Crippen molar-refractivity contribution in [1.29, 1.82) is 0 Å². The van der Waals surface area contributed by atoms with E-state index < -0.39 is 0 Å². The van der Waals surface area contributed by atoms with Crippen molar-refractivity contribution < 1.29 is 0 Å². The molecule has 1 aromatic heterocycles. The van der Waals surface area contributed by atoms with Crippen molar-refractivity contribution in [2.24, 2.45) is 0 Å². The molecular formula is C12H12N2S. The molecule has 0 atom stereocenters. The molecule has 2 rings (SSSR count). The van der Waals surface area contributed by atoms with Gasteiger partial charge in [-0.2, -0.15) is 0 Å². The number of terminal acetylenes is 1. The van der Waals surface area contributed by atoms with Crippen LogP contribution >= 0.6 is 11.3 Å². The zero-order valence-corrected chi connectivity index (χ0v) is 9.18. The summed E-state index contributed by atoms with van der Waals surface area (Å²) in [6.07, 6.45) is 5.93. The van der Waals surface area contributed by atoms with E-state index in [0.29, 0.717) is 0 Å². The molecule has 76 valence electrons. The minimum atomic E-state index is 0.769. The normalized spacial score (nSPS) is 10.3. The maximum Gasteiger partial charge on any atom is 0.108 e. The van der Waals surface area contributed by atoms with Crippen molar-refractivity contribution in [2.75, 3.05) is 6.54 Å². The van der Waals surface area contributed by atoms with E-state index in [4.69, 9.17) is 6.42 Å². The molecule has 0 spiro atoms. The molecule has 0 bridgehead atoms. The third-order valence-electron chi connectivity index (χ3n) is 2.06. The number of benzene rings is 1. The third kappa shape index (κ3) is 2.56. The van der Waals surface area contributed by atoms with Crippen LogP contribution in [0.25, 0.3) is 10.2 Å². The van der Waals surface area contributed by atoms with Gasteiger partial charge in [-0.3, -0.25) is 0 Å². The SMILES string of the molecule is C#CCCNCc1nc2ccccc2s1. The molecule has 0 unspecified atom stereocenters. The number of fused-ring (bicyclic) bond motifs is 1. The van der Waals surface area contributed by atoms with Crippen LogP contribution in [0.4, 0.5) is 0 Å². The van der Waals surface area contributed by atoms with E-state index in [1.807, 2.05) is 18.2 Å². The molecule has 0 saturated carbocycles. The van der Waals surface area contributed by atoms with Crippen LogP contribution in [0.2, 0.25) is 0 Å². The molecule has 2 nitrogen and oxygen atoms in total. The fourth-order valence-electron chi connectivity index (χ4n) is 1.35. The predicted molar refractivity (Wildman–Crippen MR) is 64.8 cm³/mol. The smallest absolute Gasteiger partial charge is 0.108 e. The fraction of sp³-hybridized carbons (Fsp3) is 0.250. The molecule has 1 N–H and O–H groups in total. The van der Waals surface area contributed by atoms with Crippen LogP contribution in [0, 0.1) is 12.3 Å². The lowest BCUT2D eigenvalue weighted by Crippen LogP contribution is -2.13. The summed E-state index contributed by atoms with van der Waals surface area (Å²) in [6, 6.07) is 8.18. The lowest BCUT2D eigenvalue weighted by molar-refractivity contribution is 0.699. The number of nitrogens with zero attached hydrogens (tertiary/aromatic N) is 1. The Balaban J connectivity index is 2.00. The van der Waals surface area contributed by atoms with Crippen molar-refractivity contribution in [2.45, 2.75) is 13.0 Å². The molecule has 0 aliphatic carbocycles. The van der Waals surface area contributed by atoms with E-state index in [-0.39, 0.29) is 0 Å². The van der Waals surface area contributed by atoms with E-state index in [1.165, 1.54) is 4.70 Å². The highest BCUT2D eigenvalue weighted by molar-refractivity contribution is 7.18. The van der Waals surface area contributed by atoms with Gasteiger partial charge in [0.2, 0.25) is 0 Å². The fourth-order valence-corrected chi connectivity index (χ4v) is 2.29. The van der Waals surface area contributed by atoms with Crippen LogP contribution < -0.4 is 5.32 Å². The summed E-state index contributed by atoms with van der Waals surface area (Å²) in [5, 5.41) is 4.39. The summed E-state index contributed by atoms with van der Waals surface area (Å²) in [7, 11) is 0. The standard InChI is InChI=1S/C12H12N2S/c1-2-3-8-13-9-12-14-10-6-4-5-7-11(10)15-12/h1,4-7,13H,3,8-9H2. The summed E-state index contributed by atoms with van der Waals surface area (Å²) in [4.78, 5) is 4.51. The molecule has 3 heteroatoms. The van der Waals surface area contributed by atoms with E-state index in [2.05, 4.69) is 22.3 Å². The van der Waals surface area contributed by atoms with E-state index in [0.717, 1.165) is 30.0 Å². The predicted octanol–water partition coefficient (Wildman–Crippen LogP) is 2.41. The first-order valence-electron chi connectivity index (χ1n) is 4.89. The van der Waals surface area contributed by atoms with E-state index in [9.17, 15) is 0 Å². The molecule has 0 amide bonds. The van der Waals surface area contributed by atoms with Crippen LogP contribution in [0.5, 0.6) is 0 Å². The average Bonchev–Trinajstić information content (AvgIpc) is 2.67. The van der Waals surface area contributed by atoms with Gasteiger partial charge in [-0.05, 0) is 12.1 Å². The van der Waals surface area contributed by atoms with Crippen molar-refractivity contribution in [3.05, 3.63) is 29.3 Å². The highest BCUT2D eigenvalue weighted by atomic mass is 32.1. The Morgan fingerprint density at radius 2 is 2.27 bits per heavy atom. The van der Waals surface area contributed by atoms with Gasteiger partial charge in [0.1, 0.15) is 5.01 Å². The summed E-state index contributed by atoms with van der Waals surface area (Å²) in [6.45, 7) is 1.66. The van der Waals surface area contributed by atoms with Gasteiger partial charge in [-0.25, -0.2) is 4.98 Å². The average molecular weight is 216 g/mol. The Labute approximate surface area is 93.3 Å². The Hall–Kier alpha value is -1.37. The van der Waals surface area contributed by atoms with Crippen molar-refractivity contribution in [3.63, 3.8) is 0 Å². The highest BCUT2D eigenvalue weighted by Crippen LogP contribution is 2.20. The Bertz CT molecular complexity index is 449. The number of aromatic nitrogens is 1. The van der Waals surface area contributed by atoms with Gasteiger partial charge in [0, 0.05) is 19.5 Å². The molecule has 0 radical (unpaired) electrons. The molecule has 1 aromatic carbocycles. The first-order valence-corrected chi connectivity index (χ1v) is 5.70. The zero-order valence-electron chi connectivity index (χ0n) is 8.36. The number of thiazole rings is 1. The molecule has 15 heavy (non-hydrogen) atoms. The first kappa shape index (κ1) is 10.2. The lowest BCUT2D eigenvalue weighted by Gasteiger charge is -1.96. The van der Waals surface area contributed by atoms with Crippen molar-refractivity contribution in [1.82, 2.24) is 10.3 Å². The number of para-hydroxylation sites is 1. The largest absolute Gasteiger partial charge is 0.310 e. The molecule has 0 fully saturated rings. The van der Waals surface area contributed by atoms with Crippen LogP contribution in [-0.2, 0) is 6.54 Å². The first-order chi connectivity index (χ1) is 7.40. The zero-order chi connectivity index (χ0) is 10.5. The minimum Gasteiger partial charge on any atom is -0.310 e. The third-order valence-corrected chi connectivity index (χ3v) is 3.10. The summed E-state index contributed by atoms with van der Waals surface area (Å²) in [5.74, 6) is 2.60. The summed E-state index contributed by atoms with van der Waals surface area (Å²) < 4.78 is 1.24. The lowest BCUT2D eigenvalue weighted by atomic mass is 10.3. The Morgan fingerprint density at radius 1 is 1.40 bits per heavy atom. The van der Waals surface area contributed by atoms with Crippen LogP contribution in [0.15, 0.2) is 24.3 Å². The van der Waals surface area contributed by atoms with Crippen molar-refractivity contribution in [3.8, 4) is 12.3 Å². The Kier molecular flexibility index (Phi) is 3.33. The monoisotopic (exact) mass is 216 g/mol. The second kappa shape index (κ2) is 4.92. The van der Waals surface area contributed by atoms with Gasteiger partial charge < -0.3 is 5.32 Å². The molecule has 2 aromatic rings. The van der Waals surface area contributed by atoms with Gasteiger partial charge in [0.15, 0.2) is 0 Å². The number of nitrogens with one attached hydrogen (secondary N) is 1. The maximum atomic E-state index is 5.17. The molecular weight excluding hydrogens is 204 g/mol. The topological polar surface area (TPSA) is 24.9 Å². The second-order valence-corrected chi connectivity index (χ2v) is 4.32. The van der Waals surface area contributed by atoms with Gasteiger partial charge in [-0.15, -0.1) is 23.7 Å². The molecule has 0 aliphatic rings. The van der Waals surface area contributed by atoms with E-state index in [1.54, 1.807) is 11.3 Å². The summed E-state index contributed by atoms with van der Waals surface area (Å²) >= 11 is 1.73. The molecule has 0 aliphatic heterocycles. The highest BCUT2D eigenvalue weighted by Gasteiger charge is 2.01. The van der Waals surface area contributed by atoms with Crippen LogP contribution in [-0.4, -0.2) is 11.5 Å². The maximum absolute atomic E-state index is 5.17. The molecule has 1 heterocycles. The second-order valence-electron chi connectivity index (χ2n) is 3.21. The van der Waals surface area contributed by atoms with Crippen molar-refractivity contribution >= 4 is 21.6 Å². The number of hydrogen-bond acceptors (Lipinski definition) is 3. The van der Waals surface area contributed by atoms with Gasteiger partial charge in [-0.1, -0.05) is 12.1 Å². The van der Waals surface area contributed by atoms with E-state index >= 15 is 0 Å². The summed E-state index contributed by atoms with van der Waals surface area (Å²) in [5.41, 5.74) is 1.08. The van der Waals surface area contributed by atoms with Gasteiger partial charge >= 0.3 is 0 Å². The van der Waals surface area contributed by atoms with Crippen LogP contribution in [0.3, 0.4) is 0 Å². The van der Waals surface area contributed by atoms with Crippen LogP contribution in [0.1, 0.15) is 11.4 Å². The Morgan fingerprint density at radius 3 is 3.07 bits per heavy atom. The quantitative estimate of drug-likeness (QED) is 0.627. The molecule has 0 saturated heterocycles. The number of hydrogen-bond donors (Lipinski definition) is 1. The number of rotatable bonds is 4.